The van der Waals surface area contributed by atoms with E-state index >= 15 is 0 Å². The van der Waals surface area contributed by atoms with Crippen LogP contribution in [0.4, 0.5) is 0 Å². The number of amides is 1. The topological polar surface area (TPSA) is 105 Å². The molecule has 0 bridgehead atoms. The summed E-state index contributed by atoms with van der Waals surface area (Å²) in [7, 11) is 1.50. The second kappa shape index (κ2) is 8.06. The first-order chi connectivity index (χ1) is 11.4. The van der Waals surface area contributed by atoms with Gasteiger partial charge in [0.15, 0.2) is 5.60 Å². The van der Waals surface area contributed by atoms with Crippen molar-refractivity contribution in [1.82, 2.24) is 5.32 Å². The van der Waals surface area contributed by atoms with E-state index in [4.69, 9.17) is 9.39 Å². The molecule has 25 heavy (non-hydrogen) atoms. The minimum atomic E-state index is -1.48. The summed E-state index contributed by atoms with van der Waals surface area (Å²) in [5, 5.41) is 23.1. The average Bonchev–Trinajstić information content (AvgIpc) is 2.51. The van der Waals surface area contributed by atoms with Crippen LogP contribution in [0.1, 0.15) is 54.4 Å². The number of hydrogen-bond donors (Lipinski definition) is 3. The Morgan fingerprint density at radius 2 is 2.00 bits per heavy atom. The minimum absolute atomic E-state index is 0.110. The van der Waals surface area contributed by atoms with Crippen molar-refractivity contribution in [1.29, 1.82) is 0 Å². The minimum Gasteiger partial charge on any atom is -0.479 e. The van der Waals surface area contributed by atoms with Crippen molar-refractivity contribution >= 4 is 19.9 Å². The number of carbonyl (C=O) groups excluding carboxylic acids is 1. The lowest BCUT2D eigenvalue weighted by atomic mass is 9.68. The number of aliphatic carboxylic acids is 1. The Labute approximate surface area is 150 Å². The molecule has 0 aromatic heterocycles. The smallest absolute Gasteiger partial charge is 0.336 e. The molecule has 1 rings (SSSR count). The number of hydrogen-bond acceptors (Lipinski definition) is 5. The van der Waals surface area contributed by atoms with Crippen LogP contribution in [-0.4, -0.2) is 60.1 Å². The number of carboxylic acid groups (broad SMARTS) is 1. The van der Waals surface area contributed by atoms with Crippen molar-refractivity contribution in [2.75, 3.05) is 0 Å². The molecule has 1 fully saturated rings. The highest BCUT2D eigenvalue weighted by Gasteiger charge is 2.59. The van der Waals surface area contributed by atoms with E-state index in [2.05, 4.69) is 5.32 Å². The van der Waals surface area contributed by atoms with Crippen LogP contribution in [0.2, 0.25) is 0 Å². The highest BCUT2D eigenvalue weighted by Crippen LogP contribution is 2.45. The van der Waals surface area contributed by atoms with E-state index < -0.39 is 41.3 Å². The molecule has 0 aliphatic carbocycles. The van der Waals surface area contributed by atoms with Gasteiger partial charge in [0.05, 0.1) is 24.4 Å². The van der Waals surface area contributed by atoms with Crippen LogP contribution in [0.15, 0.2) is 0 Å². The van der Waals surface area contributed by atoms with E-state index in [0.29, 0.717) is 6.42 Å². The lowest BCUT2D eigenvalue weighted by Crippen LogP contribution is -2.68. The highest BCUT2D eigenvalue weighted by molar-refractivity contribution is 5.98. The molecule has 0 aromatic rings. The summed E-state index contributed by atoms with van der Waals surface area (Å²) in [5.74, 6) is -1.69. The van der Waals surface area contributed by atoms with Gasteiger partial charge in [-0.15, -0.1) is 0 Å². The number of nitrogens with one attached hydrogen (secondary N) is 1. The molecule has 0 saturated carbocycles. The van der Waals surface area contributed by atoms with Gasteiger partial charge in [0.25, 0.3) is 8.05 Å². The number of ether oxygens (including phenoxy) is 1. The molecule has 1 aliphatic rings. The van der Waals surface area contributed by atoms with Crippen LogP contribution in [-0.2, 0) is 19.0 Å². The molecule has 1 heterocycles. The first-order valence-corrected chi connectivity index (χ1v) is 8.80. The second-order valence-electron chi connectivity index (χ2n) is 8.00. The maximum Gasteiger partial charge on any atom is 0.336 e. The number of carbonyl (C=O) groups is 2. The van der Waals surface area contributed by atoms with Crippen LogP contribution in [0.25, 0.3) is 0 Å². The zero-order valence-corrected chi connectivity index (χ0v) is 16.3. The fourth-order valence-electron chi connectivity index (χ4n) is 3.58. The molecule has 144 valence electrons. The van der Waals surface area contributed by atoms with E-state index in [0.717, 1.165) is 0 Å². The van der Waals surface area contributed by atoms with Gasteiger partial charge in [0, 0.05) is 24.7 Å². The first kappa shape index (κ1) is 21.9. The summed E-state index contributed by atoms with van der Waals surface area (Å²) in [6.45, 7) is 10.5. The van der Waals surface area contributed by atoms with Crippen LogP contribution in [0.5, 0.6) is 0 Å². The summed E-state index contributed by atoms with van der Waals surface area (Å²) in [6.07, 6.45) is -1.29. The molecule has 3 N–H and O–H groups in total. The van der Waals surface area contributed by atoms with Gasteiger partial charge in [-0.1, -0.05) is 34.6 Å². The quantitative estimate of drug-likeness (QED) is 0.598. The molecule has 6 unspecified atom stereocenters. The monoisotopic (exact) mass is 357 g/mol. The number of aliphatic hydroxyl groups excluding tert-OH is 1. The third-order valence-corrected chi connectivity index (χ3v) is 5.35. The molecule has 1 amide bonds. The van der Waals surface area contributed by atoms with Gasteiger partial charge in [-0.05, 0) is 6.42 Å². The van der Waals surface area contributed by atoms with E-state index in [9.17, 15) is 19.8 Å². The maximum absolute atomic E-state index is 12.2. The molecule has 6 atom stereocenters. The van der Waals surface area contributed by atoms with E-state index in [-0.39, 0.29) is 18.2 Å². The summed E-state index contributed by atoms with van der Waals surface area (Å²) >= 11 is 0. The van der Waals surface area contributed by atoms with Crippen molar-refractivity contribution in [3.8, 4) is 0 Å². The number of rotatable bonds is 6. The predicted octanol–water partition coefficient (Wildman–Crippen LogP) is 0.490. The Morgan fingerprint density at radius 3 is 2.36 bits per heavy atom. The zero-order valence-electron chi connectivity index (χ0n) is 16.3. The zero-order chi connectivity index (χ0) is 19.6. The third-order valence-electron chi connectivity index (χ3n) is 5.35. The van der Waals surface area contributed by atoms with E-state index in [1.807, 2.05) is 27.7 Å². The molecular formula is C17H32BNO6. The average molecular weight is 357 g/mol. The second-order valence-corrected chi connectivity index (χ2v) is 8.00. The SMILES string of the molecule is BOC1CC(C(=O)O)(C(C)(C)C)OC(C(C)C(O)CC)C1NC(C)=O. The van der Waals surface area contributed by atoms with Crippen LogP contribution < -0.4 is 5.32 Å². The number of aliphatic hydroxyl groups is 1. The summed E-state index contributed by atoms with van der Waals surface area (Å²) in [4.78, 5) is 23.9. The number of carboxylic acids is 1. The summed E-state index contributed by atoms with van der Waals surface area (Å²) < 4.78 is 11.7. The van der Waals surface area contributed by atoms with Crippen molar-refractivity contribution in [2.24, 2.45) is 11.3 Å². The lowest BCUT2D eigenvalue weighted by Gasteiger charge is -2.53. The Bertz CT molecular complexity index is 494. The van der Waals surface area contributed by atoms with Crippen LogP contribution >= 0.6 is 0 Å². The van der Waals surface area contributed by atoms with Gasteiger partial charge in [0.2, 0.25) is 5.91 Å². The summed E-state index contributed by atoms with van der Waals surface area (Å²) in [6, 6.07) is -0.534. The Kier molecular flexibility index (Phi) is 7.07. The standard InChI is InChI=1S/C17H32BNO6/c1-7-11(21)9(2)14-13(19-10(3)20)12(25-18)8-17(24-14,15(22)23)16(4,5)6/h9,11-14,21H,7-8,18H2,1-6H3,(H,19,20)(H,22,23). The largest absolute Gasteiger partial charge is 0.479 e. The van der Waals surface area contributed by atoms with Gasteiger partial charge < -0.3 is 24.9 Å². The molecule has 7 nitrogen and oxygen atoms in total. The fourth-order valence-corrected chi connectivity index (χ4v) is 3.58. The van der Waals surface area contributed by atoms with Gasteiger partial charge in [0.1, 0.15) is 0 Å². The normalized spacial score (nSPS) is 32.7. The van der Waals surface area contributed by atoms with Crippen molar-refractivity contribution in [2.45, 2.75) is 84.3 Å². The summed E-state index contributed by atoms with van der Waals surface area (Å²) in [5.41, 5.74) is -2.18. The molecule has 0 spiro atoms. The first-order valence-electron chi connectivity index (χ1n) is 8.80. The molecule has 0 radical (unpaired) electrons. The van der Waals surface area contributed by atoms with E-state index in [1.54, 1.807) is 6.92 Å². The van der Waals surface area contributed by atoms with Gasteiger partial charge >= 0.3 is 5.97 Å². The van der Waals surface area contributed by atoms with Gasteiger partial charge in [-0.2, -0.15) is 0 Å². The Morgan fingerprint density at radius 1 is 1.44 bits per heavy atom. The predicted molar refractivity (Wildman–Crippen MR) is 95.8 cm³/mol. The van der Waals surface area contributed by atoms with Crippen molar-refractivity contribution < 1.29 is 29.2 Å². The van der Waals surface area contributed by atoms with Gasteiger partial charge in [-0.3, -0.25) is 4.79 Å². The Hall–Kier alpha value is -1.12. The van der Waals surface area contributed by atoms with Crippen LogP contribution in [0.3, 0.4) is 0 Å². The molecule has 0 aromatic carbocycles. The molecule has 1 saturated heterocycles. The fraction of sp³-hybridized carbons (Fsp3) is 0.882. The van der Waals surface area contributed by atoms with E-state index in [1.165, 1.54) is 15.0 Å². The molecular weight excluding hydrogens is 325 g/mol. The highest BCUT2D eigenvalue weighted by atomic mass is 16.5. The Balaban J connectivity index is 3.41. The van der Waals surface area contributed by atoms with Gasteiger partial charge in [-0.25, -0.2) is 4.79 Å². The molecule has 8 heteroatoms. The van der Waals surface area contributed by atoms with Crippen molar-refractivity contribution in [3.05, 3.63) is 0 Å². The van der Waals surface area contributed by atoms with Crippen LogP contribution in [0, 0.1) is 11.3 Å². The third kappa shape index (κ3) is 4.35. The molecule has 1 aliphatic heterocycles. The van der Waals surface area contributed by atoms with Crippen molar-refractivity contribution in [3.63, 3.8) is 0 Å². The lowest BCUT2D eigenvalue weighted by molar-refractivity contribution is -0.240. The maximum atomic E-state index is 12.2.